The van der Waals surface area contributed by atoms with E-state index in [4.69, 9.17) is 20.9 Å². The van der Waals surface area contributed by atoms with Crippen LogP contribution in [-0.4, -0.2) is 27.2 Å². The molecule has 0 bridgehead atoms. The molecule has 0 aliphatic heterocycles. The summed E-state index contributed by atoms with van der Waals surface area (Å²) in [6.07, 6.45) is -0.397. The number of nitrogens with one attached hydrogen (secondary N) is 1. The van der Waals surface area contributed by atoms with Crippen LogP contribution < -0.4 is 4.72 Å². The molecule has 1 aromatic carbocycles. The number of hydrogen-bond acceptors (Lipinski definition) is 6. The van der Waals surface area contributed by atoms with E-state index in [1.165, 1.54) is 18.4 Å². The lowest BCUT2D eigenvalue weighted by Crippen LogP contribution is -2.30. The maximum atomic E-state index is 12.3. The van der Waals surface area contributed by atoms with Crippen molar-refractivity contribution in [2.24, 2.45) is 0 Å². The van der Waals surface area contributed by atoms with Crippen molar-refractivity contribution in [2.45, 2.75) is 11.9 Å². The van der Waals surface area contributed by atoms with Crippen LogP contribution in [0.25, 0.3) is 11.0 Å². The SMILES string of the molecule is COC(CNS(=O)(=O)Cc1noc2ccccc12)c1ccc(Cl)s1. The summed E-state index contributed by atoms with van der Waals surface area (Å²) in [4.78, 5) is 0.858. The Hall–Kier alpha value is -1.45. The maximum Gasteiger partial charge on any atom is 0.217 e. The molecule has 1 atom stereocenters. The monoisotopic (exact) mass is 386 g/mol. The number of halogens is 1. The highest BCUT2D eigenvalue weighted by atomic mass is 35.5. The van der Waals surface area contributed by atoms with E-state index < -0.39 is 16.1 Å². The van der Waals surface area contributed by atoms with Crippen LogP contribution in [0.3, 0.4) is 0 Å². The fourth-order valence-electron chi connectivity index (χ4n) is 2.28. The number of methoxy groups -OCH3 is 1. The Balaban J connectivity index is 1.69. The molecule has 0 saturated carbocycles. The van der Waals surface area contributed by atoms with E-state index in [1.807, 2.05) is 12.1 Å². The summed E-state index contributed by atoms with van der Waals surface area (Å²) in [6.45, 7) is 0.117. The minimum atomic E-state index is -3.58. The average Bonchev–Trinajstić information content (AvgIpc) is 3.15. The third-order valence-corrected chi connectivity index (χ3v) is 6.05. The normalized spacial score (nSPS) is 13.4. The molecule has 128 valence electrons. The molecule has 0 radical (unpaired) electrons. The molecule has 0 spiro atoms. The quantitative estimate of drug-likeness (QED) is 0.673. The molecule has 3 rings (SSSR count). The summed E-state index contributed by atoms with van der Waals surface area (Å²) >= 11 is 7.26. The third-order valence-electron chi connectivity index (χ3n) is 3.46. The average molecular weight is 387 g/mol. The van der Waals surface area contributed by atoms with Gasteiger partial charge in [0.15, 0.2) is 5.58 Å². The number of fused-ring (bicyclic) bond motifs is 1. The van der Waals surface area contributed by atoms with Crippen molar-refractivity contribution in [1.82, 2.24) is 9.88 Å². The van der Waals surface area contributed by atoms with Gasteiger partial charge < -0.3 is 9.26 Å². The topological polar surface area (TPSA) is 81.4 Å². The second-order valence-corrected chi connectivity index (χ2v) is 8.65. The van der Waals surface area contributed by atoms with E-state index in [-0.39, 0.29) is 12.3 Å². The molecule has 2 heterocycles. The molecule has 0 amide bonds. The molecule has 0 saturated heterocycles. The molecule has 9 heteroatoms. The van der Waals surface area contributed by atoms with E-state index in [1.54, 1.807) is 24.3 Å². The van der Waals surface area contributed by atoms with Crippen LogP contribution in [0.4, 0.5) is 0 Å². The van der Waals surface area contributed by atoms with Crippen LogP contribution in [0.1, 0.15) is 16.7 Å². The third kappa shape index (κ3) is 3.96. The second kappa shape index (κ2) is 7.20. The van der Waals surface area contributed by atoms with E-state index in [2.05, 4.69) is 9.88 Å². The first-order valence-corrected chi connectivity index (χ1v) is 9.92. The number of ether oxygens (including phenoxy) is 1. The highest BCUT2D eigenvalue weighted by molar-refractivity contribution is 7.88. The van der Waals surface area contributed by atoms with Gasteiger partial charge in [0, 0.05) is 23.9 Å². The van der Waals surface area contributed by atoms with Crippen molar-refractivity contribution in [3.63, 3.8) is 0 Å². The molecular formula is C15H15ClN2O4S2. The molecule has 6 nitrogen and oxygen atoms in total. The zero-order chi connectivity index (χ0) is 17.2. The van der Waals surface area contributed by atoms with Crippen molar-refractivity contribution >= 4 is 43.9 Å². The maximum absolute atomic E-state index is 12.3. The summed E-state index contributed by atoms with van der Waals surface area (Å²) in [5.41, 5.74) is 0.942. The zero-order valence-corrected chi connectivity index (χ0v) is 15.1. The fraction of sp³-hybridized carbons (Fsp3) is 0.267. The predicted octanol–water partition coefficient (Wildman–Crippen LogP) is 3.35. The molecule has 0 aliphatic carbocycles. The van der Waals surface area contributed by atoms with Gasteiger partial charge in [-0.15, -0.1) is 11.3 Å². The van der Waals surface area contributed by atoms with Gasteiger partial charge in [0.1, 0.15) is 17.6 Å². The summed E-state index contributed by atoms with van der Waals surface area (Å²) < 4.78 is 38.3. The van der Waals surface area contributed by atoms with Crippen LogP contribution in [0.15, 0.2) is 40.9 Å². The fourth-order valence-corrected chi connectivity index (χ4v) is 4.49. The van der Waals surface area contributed by atoms with Crippen LogP contribution in [0.5, 0.6) is 0 Å². The Morgan fingerprint density at radius 2 is 2.12 bits per heavy atom. The van der Waals surface area contributed by atoms with Crippen molar-refractivity contribution in [1.29, 1.82) is 0 Å². The molecule has 0 aliphatic rings. The van der Waals surface area contributed by atoms with Crippen molar-refractivity contribution in [3.05, 3.63) is 51.3 Å². The van der Waals surface area contributed by atoms with Gasteiger partial charge in [-0.2, -0.15) is 0 Å². The number of thiophene rings is 1. The molecule has 3 aromatic rings. The molecule has 1 unspecified atom stereocenters. The Morgan fingerprint density at radius 1 is 1.33 bits per heavy atom. The summed E-state index contributed by atoms with van der Waals surface area (Å²) in [7, 11) is -2.06. The standard InChI is InChI=1S/C15H15ClN2O4S2/c1-21-13(14-6-7-15(16)23-14)8-17-24(19,20)9-11-10-4-2-3-5-12(10)22-18-11/h2-7,13,17H,8-9H2,1H3. The highest BCUT2D eigenvalue weighted by Crippen LogP contribution is 2.28. The van der Waals surface area contributed by atoms with Crippen molar-refractivity contribution < 1.29 is 17.7 Å². The van der Waals surface area contributed by atoms with E-state index in [0.717, 1.165) is 4.88 Å². The van der Waals surface area contributed by atoms with E-state index >= 15 is 0 Å². The van der Waals surface area contributed by atoms with Gasteiger partial charge in [-0.25, -0.2) is 13.1 Å². The highest BCUT2D eigenvalue weighted by Gasteiger charge is 2.20. The lowest BCUT2D eigenvalue weighted by molar-refractivity contribution is 0.110. The van der Waals surface area contributed by atoms with Crippen molar-refractivity contribution in [2.75, 3.05) is 13.7 Å². The molecular weight excluding hydrogens is 372 g/mol. The van der Waals surface area contributed by atoms with Crippen molar-refractivity contribution in [3.8, 4) is 0 Å². The first-order chi connectivity index (χ1) is 11.5. The number of sulfonamides is 1. The number of hydrogen-bond donors (Lipinski definition) is 1. The molecule has 0 fully saturated rings. The predicted molar refractivity (Wildman–Crippen MR) is 93.7 cm³/mol. The number of benzene rings is 1. The number of para-hydroxylation sites is 1. The van der Waals surface area contributed by atoms with Gasteiger partial charge in [0.25, 0.3) is 0 Å². The first kappa shape index (κ1) is 17.4. The van der Waals surface area contributed by atoms with Gasteiger partial charge in [0.2, 0.25) is 10.0 Å². The Labute approximate surface area is 148 Å². The molecule has 24 heavy (non-hydrogen) atoms. The smallest absolute Gasteiger partial charge is 0.217 e. The number of aromatic nitrogens is 1. The van der Waals surface area contributed by atoms with Crippen LogP contribution in [0.2, 0.25) is 4.34 Å². The Morgan fingerprint density at radius 3 is 2.83 bits per heavy atom. The lowest BCUT2D eigenvalue weighted by Gasteiger charge is -2.14. The summed E-state index contributed by atoms with van der Waals surface area (Å²) in [5.74, 6) is -0.258. The van der Waals surface area contributed by atoms with Gasteiger partial charge in [-0.1, -0.05) is 28.9 Å². The van der Waals surface area contributed by atoms with Gasteiger partial charge in [-0.3, -0.25) is 0 Å². The minimum Gasteiger partial charge on any atom is -0.375 e. The minimum absolute atomic E-state index is 0.117. The number of rotatable bonds is 7. The summed E-state index contributed by atoms with van der Waals surface area (Å²) in [6, 6.07) is 10.7. The second-order valence-electron chi connectivity index (χ2n) is 5.10. The lowest BCUT2D eigenvalue weighted by atomic mass is 10.2. The van der Waals surface area contributed by atoms with Gasteiger partial charge in [0.05, 0.1) is 4.34 Å². The van der Waals surface area contributed by atoms with E-state index in [9.17, 15) is 8.42 Å². The Kier molecular flexibility index (Phi) is 5.21. The summed E-state index contributed by atoms with van der Waals surface area (Å²) in [5, 5.41) is 4.54. The van der Waals surface area contributed by atoms with Gasteiger partial charge >= 0.3 is 0 Å². The Bertz CT molecular complexity index is 936. The van der Waals surface area contributed by atoms with Crippen LogP contribution in [-0.2, 0) is 20.5 Å². The van der Waals surface area contributed by atoms with Crippen LogP contribution >= 0.6 is 22.9 Å². The largest absolute Gasteiger partial charge is 0.375 e. The first-order valence-electron chi connectivity index (χ1n) is 7.07. The van der Waals surface area contributed by atoms with Crippen LogP contribution in [0, 0.1) is 0 Å². The zero-order valence-electron chi connectivity index (χ0n) is 12.7. The molecule has 2 aromatic heterocycles. The number of nitrogens with zero attached hydrogens (tertiary/aromatic N) is 1. The van der Waals surface area contributed by atoms with Gasteiger partial charge in [-0.05, 0) is 24.3 Å². The van der Waals surface area contributed by atoms with E-state index in [0.29, 0.717) is 21.0 Å². The molecule has 1 N–H and O–H groups in total.